The molecule has 0 saturated heterocycles. The van der Waals surface area contributed by atoms with Gasteiger partial charge in [-0.2, -0.15) is 0 Å². The highest BCUT2D eigenvalue weighted by atomic mass is 35.5. The zero-order valence-electron chi connectivity index (χ0n) is 12.6. The van der Waals surface area contributed by atoms with Gasteiger partial charge in [0.05, 0.1) is 18.7 Å². The van der Waals surface area contributed by atoms with E-state index in [1.807, 2.05) is 12.1 Å². The van der Waals surface area contributed by atoms with Gasteiger partial charge in [0.15, 0.2) is 11.5 Å². The smallest absolute Gasteiger partial charge is 0.179 e. The number of methoxy groups -OCH3 is 1. The van der Waals surface area contributed by atoms with Crippen molar-refractivity contribution in [1.29, 1.82) is 0 Å². The Morgan fingerprint density at radius 1 is 1.30 bits per heavy atom. The monoisotopic (exact) mass is 301 g/mol. The van der Waals surface area contributed by atoms with E-state index in [9.17, 15) is 0 Å². The van der Waals surface area contributed by atoms with Gasteiger partial charge in [0.25, 0.3) is 0 Å². The minimum absolute atomic E-state index is 0.0377. The van der Waals surface area contributed by atoms with Crippen LogP contribution in [0.15, 0.2) is 12.1 Å². The lowest BCUT2D eigenvalue weighted by Crippen LogP contribution is -2.35. The van der Waals surface area contributed by atoms with Crippen LogP contribution in [0, 0.1) is 0 Å². The summed E-state index contributed by atoms with van der Waals surface area (Å²) < 4.78 is 10.9. The van der Waals surface area contributed by atoms with Crippen molar-refractivity contribution in [2.24, 2.45) is 0 Å². The Morgan fingerprint density at radius 3 is 2.55 bits per heavy atom. The summed E-state index contributed by atoms with van der Waals surface area (Å²) in [4.78, 5) is 0. The number of aliphatic hydroxyl groups is 1. The fourth-order valence-electron chi connectivity index (χ4n) is 1.62. The van der Waals surface area contributed by atoms with E-state index in [-0.39, 0.29) is 12.1 Å². The van der Waals surface area contributed by atoms with Crippen molar-refractivity contribution in [3.63, 3.8) is 0 Å². The number of ether oxygens (including phenoxy) is 2. The molecule has 0 heterocycles. The van der Waals surface area contributed by atoms with E-state index in [1.54, 1.807) is 7.11 Å². The first-order valence-corrected chi connectivity index (χ1v) is 7.10. The number of rotatable bonds is 7. The molecule has 1 aromatic carbocycles. The highest BCUT2D eigenvalue weighted by Gasteiger charge is 2.14. The Morgan fingerprint density at radius 2 is 2.00 bits per heavy atom. The number of hydrogen-bond acceptors (Lipinski definition) is 4. The molecule has 0 radical (unpaired) electrons. The molecule has 1 aromatic rings. The van der Waals surface area contributed by atoms with E-state index < -0.39 is 0 Å². The van der Waals surface area contributed by atoms with Crippen LogP contribution in [0.25, 0.3) is 0 Å². The Balaban J connectivity index is 2.83. The third-order valence-electron chi connectivity index (χ3n) is 2.66. The molecule has 2 N–H and O–H groups in total. The van der Waals surface area contributed by atoms with Crippen LogP contribution in [0.1, 0.15) is 32.8 Å². The van der Waals surface area contributed by atoms with Crippen LogP contribution in [-0.4, -0.2) is 31.0 Å². The fourth-order valence-corrected chi connectivity index (χ4v) is 1.91. The van der Waals surface area contributed by atoms with E-state index in [1.165, 1.54) is 0 Å². The first kappa shape index (κ1) is 17.1. The molecular weight excluding hydrogens is 278 g/mol. The lowest BCUT2D eigenvalue weighted by atomic mass is 10.1. The molecule has 0 fully saturated rings. The van der Waals surface area contributed by atoms with Crippen LogP contribution >= 0.6 is 11.6 Å². The Labute approximate surface area is 126 Å². The molecule has 5 heteroatoms. The van der Waals surface area contributed by atoms with E-state index in [2.05, 4.69) is 26.1 Å². The second-order valence-corrected chi connectivity index (χ2v) is 6.05. The number of benzene rings is 1. The van der Waals surface area contributed by atoms with Crippen LogP contribution in [0.2, 0.25) is 5.02 Å². The molecule has 0 aliphatic heterocycles. The van der Waals surface area contributed by atoms with Gasteiger partial charge in [0.2, 0.25) is 0 Å². The summed E-state index contributed by atoms with van der Waals surface area (Å²) in [6, 6.07) is 3.79. The predicted octanol–water partition coefficient (Wildman–Crippen LogP) is 3.00. The van der Waals surface area contributed by atoms with Crippen molar-refractivity contribution in [2.45, 2.75) is 39.3 Å². The van der Waals surface area contributed by atoms with E-state index in [0.717, 1.165) is 5.56 Å². The van der Waals surface area contributed by atoms with Crippen LogP contribution in [-0.2, 0) is 6.54 Å². The maximum Gasteiger partial charge on any atom is 0.179 e. The van der Waals surface area contributed by atoms with Gasteiger partial charge in [-0.05, 0) is 38.5 Å². The standard InChI is InChI=1S/C15H24ClNO3/c1-15(2,3)17-10-11-8-12(16)14(13(9-11)19-4)20-7-5-6-18/h8-9,17-18H,5-7,10H2,1-4H3. The van der Waals surface area contributed by atoms with Crippen molar-refractivity contribution >= 4 is 11.6 Å². The van der Waals surface area contributed by atoms with Crippen molar-refractivity contribution in [2.75, 3.05) is 20.3 Å². The van der Waals surface area contributed by atoms with Crippen LogP contribution in [0.3, 0.4) is 0 Å². The molecular formula is C15H24ClNO3. The van der Waals surface area contributed by atoms with Gasteiger partial charge in [0.1, 0.15) is 0 Å². The van der Waals surface area contributed by atoms with Crippen molar-refractivity contribution in [1.82, 2.24) is 5.32 Å². The van der Waals surface area contributed by atoms with Gasteiger partial charge in [-0.3, -0.25) is 0 Å². The molecule has 0 amide bonds. The summed E-state index contributed by atoms with van der Waals surface area (Å²) in [5.74, 6) is 1.14. The molecule has 0 aromatic heterocycles. The summed E-state index contributed by atoms with van der Waals surface area (Å²) in [6.45, 7) is 7.53. The maximum absolute atomic E-state index is 8.78. The number of hydrogen-bond donors (Lipinski definition) is 2. The van der Waals surface area contributed by atoms with Crippen molar-refractivity contribution in [3.8, 4) is 11.5 Å². The average molecular weight is 302 g/mol. The molecule has 0 spiro atoms. The first-order valence-electron chi connectivity index (χ1n) is 6.72. The van der Waals surface area contributed by atoms with Gasteiger partial charge in [-0.15, -0.1) is 0 Å². The van der Waals surface area contributed by atoms with E-state index >= 15 is 0 Å². The van der Waals surface area contributed by atoms with Gasteiger partial charge >= 0.3 is 0 Å². The van der Waals surface area contributed by atoms with Crippen LogP contribution in [0.5, 0.6) is 11.5 Å². The summed E-state index contributed by atoms with van der Waals surface area (Å²) in [5.41, 5.74) is 1.08. The van der Waals surface area contributed by atoms with Gasteiger partial charge in [-0.1, -0.05) is 11.6 Å². The lowest BCUT2D eigenvalue weighted by Gasteiger charge is -2.21. The van der Waals surface area contributed by atoms with Crippen LogP contribution < -0.4 is 14.8 Å². The molecule has 0 aliphatic carbocycles. The van der Waals surface area contributed by atoms with Crippen LogP contribution in [0.4, 0.5) is 0 Å². The summed E-state index contributed by atoms with van der Waals surface area (Å²) >= 11 is 6.25. The average Bonchev–Trinajstić information content (AvgIpc) is 2.37. The number of nitrogens with one attached hydrogen (secondary N) is 1. The normalized spacial score (nSPS) is 11.5. The molecule has 0 bridgehead atoms. The topological polar surface area (TPSA) is 50.7 Å². The third kappa shape index (κ3) is 5.57. The zero-order valence-corrected chi connectivity index (χ0v) is 13.4. The summed E-state index contributed by atoms with van der Waals surface area (Å²) in [7, 11) is 1.59. The van der Waals surface area contributed by atoms with Gasteiger partial charge in [-0.25, -0.2) is 0 Å². The second kappa shape index (κ2) is 7.72. The summed E-state index contributed by atoms with van der Waals surface area (Å²) in [6.07, 6.45) is 0.562. The molecule has 114 valence electrons. The number of aliphatic hydroxyl groups excluding tert-OH is 1. The largest absolute Gasteiger partial charge is 0.493 e. The fraction of sp³-hybridized carbons (Fsp3) is 0.600. The Kier molecular flexibility index (Phi) is 6.59. The molecule has 0 atom stereocenters. The molecule has 0 unspecified atom stereocenters. The lowest BCUT2D eigenvalue weighted by molar-refractivity contribution is 0.228. The Bertz CT molecular complexity index is 430. The van der Waals surface area contributed by atoms with Crippen molar-refractivity contribution in [3.05, 3.63) is 22.7 Å². The highest BCUT2D eigenvalue weighted by Crippen LogP contribution is 2.36. The molecule has 1 rings (SSSR count). The van der Waals surface area contributed by atoms with Crippen molar-refractivity contribution < 1.29 is 14.6 Å². The predicted molar refractivity (Wildman–Crippen MR) is 81.8 cm³/mol. The Hall–Kier alpha value is -0.970. The summed E-state index contributed by atoms with van der Waals surface area (Å²) in [5, 5.41) is 12.7. The van der Waals surface area contributed by atoms with E-state index in [4.69, 9.17) is 26.2 Å². The number of halogens is 1. The van der Waals surface area contributed by atoms with E-state index in [0.29, 0.717) is 36.1 Å². The van der Waals surface area contributed by atoms with Gasteiger partial charge in [0, 0.05) is 25.1 Å². The third-order valence-corrected chi connectivity index (χ3v) is 2.94. The first-order chi connectivity index (χ1) is 9.37. The molecule has 20 heavy (non-hydrogen) atoms. The highest BCUT2D eigenvalue weighted by molar-refractivity contribution is 6.32. The SMILES string of the molecule is COc1cc(CNC(C)(C)C)cc(Cl)c1OCCCO. The van der Waals surface area contributed by atoms with Gasteiger partial charge < -0.3 is 19.9 Å². The minimum Gasteiger partial charge on any atom is -0.493 e. The molecule has 4 nitrogen and oxygen atoms in total. The second-order valence-electron chi connectivity index (χ2n) is 5.64. The molecule has 0 aliphatic rings. The quantitative estimate of drug-likeness (QED) is 0.760. The minimum atomic E-state index is 0.0377. The maximum atomic E-state index is 8.78. The molecule has 0 saturated carbocycles. The zero-order chi connectivity index (χ0) is 15.2.